The molecule has 0 fully saturated rings. The lowest BCUT2D eigenvalue weighted by Crippen LogP contribution is -2.29. The number of nitrogens with zero attached hydrogens (tertiary/aromatic N) is 2. The Morgan fingerprint density at radius 1 is 0.973 bits per heavy atom. The monoisotopic (exact) mass is 490 g/mol. The van der Waals surface area contributed by atoms with Gasteiger partial charge in [0.15, 0.2) is 5.81 Å². The fraction of sp³-hybridized carbons (Fsp3) is 0.200. The van der Waals surface area contributed by atoms with Crippen LogP contribution in [0.2, 0.25) is 0 Å². The predicted molar refractivity (Wildman–Crippen MR) is 152 cm³/mol. The van der Waals surface area contributed by atoms with Crippen LogP contribution >= 0.6 is 0 Å². The summed E-state index contributed by atoms with van der Waals surface area (Å²) in [5, 5.41) is 10.8. The molecule has 0 aliphatic heterocycles. The van der Waals surface area contributed by atoms with Crippen LogP contribution in [-0.2, 0) is 19.3 Å². The van der Waals surface area contributed by atoms with Crippen molar-refractivity contribution in [3.05, 3.63) is 117 Å². The highest BCUT2D eigenvalue weighted by Gasteiger charge is 2.17. The number of rotatable bonds is 8. The van der Waals surface area contributed by atoms with Gasteiger partial charge in [0.05, 0.1) is 11.4 Å². The fourth-order valence-electron chi connectivity index (χ4n) is 4.55. The zero-order valence-corrected chi connectivity index (χ0v) is 21.5. The van der Waals surface area contributed by atoms with Crippen LogP contribution in [0.4, 0.5) is 4.79 Å². The summed E-state index contributed by atoms with van der Waals surface area (Å²) >= 11 is 0. The average Bonchev–Trinajstić information content (AvgIpc) is 2.91. The van der Waals surface area contributed by atoms with E-state index < -0.39 is 0 Å². The first-order chi connectivity index (χ1) is 17.9. The molecule has 0 atom stereocenters. The van der Waals surface area contributed by atoms with Gasteiger partial charge < -0.3 is 5.32 Å². The van der Waals surface area contributed by atoms with E-state index in [9.17, 15) is 9.59 Å². The molecule has 1 aromatic heterocycles. The number of aryl methyl sites for hydroxylation is 2. The second-order valence-electron chi connectivity index (χ2n) is 9.01. The molecule has 7 heteroatoms. The molecule has 4 rings (SSSR count). The number of para-hydroxylation sites is 1. The molecule has 186 valence electrons. The smallest absolute Gasteiger partial charge is 0.261 e. The summed E-state index contributed by atoms with van der Waals surface area (Å²) in [6, 6.07) is 25.2. The van der Waals surface area contributed by atoms with Crippen LogP contribution in [0.25, 0.3) is 16.8 Å². The summed E-state index contributed by atoms with van der Waals surface area (Å²) in [7, 11) is 1.40. The highest BCUT2D eigenvalue weighted by atomic mass is 16.1. The van der Waals surface area contributed by atoms with Crippen LogP contribution in [-0.4, -0.2) is 29.0 Å². The van der Waals surface area contributed by atoms with E-state index in [1.54, 1.807) is 4.57 Å². The standard InChI is InChI=1S/C30H31BN4O2/c1-3-10-26-25(29(36)35(27(4-2)33-26)22-11-6-5-7-12-22)19-20-15-17-21(18-16-20)23-13-8-9-14-24(23)28(32)34-30(31)37/h5-9,11-18H,3-4,10,19,31H2,1-2H3,(H2,32,34,37). The lowest BCUT2D eigenvalue weighted by molar-refractivity contribution is 0.263. The first-order valence-corrected chi connectivity index (χ1v) is 12.7. The van der Waals surface area contributed by atoms with Gasteiger partial charge in [-0.05, 0) is 35.2 Å². The van der Waals surface area contributed by atoms with E-state index in [1.807, 2.05) is 85.8 Å². The van der Waals surface area contributed by atoms with Gasteiger partial charge in [0.2, 0.25) is 7.85 Å². The molecule has 0 saturated carbocycles. The molecule has 0 bridgehead atoms. The molecule has 1 heterocycles. The Bertz CT molecular complexity index is 1480. The first kappa shape index (κ1) is 25.8. The van der Waals surface area contributed by atoms with Crippen molar-refractivity contribution in [1.82, 2.24) is 14.9 Å². The minimum Gasteiger partial charge on any atom is -0.320 e. The van der Waals surface area contributed by atoms with Crippen molar-refractivity contribution in [2.24, 2.45) is 0 Å². The molecule has 4 aromatic rings. The number of carbonyl (C=O) groups is 1. The van der Waals surface area contributed by atoms with Crippen LogP contribution in [0.5, 0.6) is 0 Å². The number of nitrogens with one attached hydrogen (secondary N) is 2. The van der Waals surface area contributed by atoms with Crippen molar-refractivity contribution in [3.63, 3.8) is 0 Å². The van der Waals surface area contributed by atoms with Gasteiger partial charge in [-0.15, -0.1) is 0 Å². The van der Waals surface area contributed by atoms with Crippen LogP contribution in [0, 0.1) is 5.41 Å². The molecule has 6 nitrogen and oxygen atoms in total. The summed E-state index contributed by atoms with van der Waals surface area (Å²) in [4.78, 5) is 30.2. The predicted octanol–water partition coefficient (Wildman–Crippen LogP) is 4.67. The fourth-order valence-corrected chi connectivity index (χ4v) is 4.55. The number of amides is 1. The minimum absolute atomic E-state index is 0.0142. The van der Waals surface area contributed by atoms with Gasteiger partial charge in [0, 0.05) is 24.0 Å². The van der Waals surface area contributed by atoms with Gasteiger partial charge >= 0.3 is 0 Å². The molecular weight excluding hydrogens is 459 g/mol. The molecule has 37 heavy (non-hydrogen) atoms. The highest BCUT2D eigenvalue weighted by Crippen LogP contribution is 2.25. The summed E-state index contributed by atoms with van der Waals surface area (Å²) in [6.07, 6.45) is 2.82. The van der Waals surface area contributed by atoms with Crippen molar-refractivity contribution >= 4 is 19.5 Å². The molecule has 2 N–H and O–H groups in total. The second kappa shape index (κ2) is 11.7. The third kappa shape index (κ3) is 5.77. The van der Waals surface area contributed by atoms with Crippen LogP contribution in [0.1, 0.15) is 48.5 Å². The van der Waals surface area contributed by atoms with Gasteiger partial charge in [-0.3, -0.25) is 19.6 Å². The molecule has 3 aromatic carbocycles. The molecule has 0 unspecified atom stereocenters. The Hall–Kier alpha value is -4.26. The van der Waals surface area contributed by atoms with E-state index in [1.165, 1.54) is 7.85 Å². The van der Waals surface area contributed by atoms with Gasteiger partial charge in [0.25, 0.3) is 5.56 Å². The zero-order chi connectivity index (χ0) is 26.4. The lowest BCUT2D eigenvalue weighted by Gasteiger charge is -2.17. The first-order valence-electron chi connectivity index (χ1n) is 12.7. The number of benzene rings is 3. The molecule has 0 spiro atoms. The topological polar surface area (TPSA) is 87.8 Å². The Morgan fingerprint density at radius 2 is 1.65 bits per heavy atom. The minimum atomic E-state index is -0.276. The van der Waals surface area contributed by atoms with Crippen molar-refractivity contribution < 1.29 is 4.79 Å². The molecular formula is C30H31BN4O2. The quantitative estimate of drug-likeness (QED) is 0.214. The number of amidine groups is 1. The molecule has 0 saturated heterocycles. The Balaban J connectivity index is 1.72. The summed E-state index contributed by atoms with van der Waals surface area (Å²) < 4.78 is 1.74. The Kier molecular flexibility index (Phi) is 8.13. The number of hydrogen-bond donors (Lipinski definition) is 2. The summed E-state index contributed by atoms with van der Waals surface area (Å²) in [5.74, 6) is 0.568. The Labute approximate surface area is 218 Å². The SMILES string of the molecule is BC(=O)NC(=N)c1ccccc1-c1ccc(Cc2c(CCC)nc(CC)n(-c3ccccc3)c2=O)cc1. The van der Waals surface area contributed by atoms with Crippen molar-refractivity contribution in [2.75, 3.05) is 0 Å². The van der Waals surface area contributed by atoms with Gasteiger partial charge in [-0.25, -0.2) is 4.98 Å². The van der Waals surface area contributed by atoms with Crippen molar-refractivity contribution in [1.29, 1.82) is 5.41 Å². The molecule has 0 aliphatic rings. The highest BCUT2D eigenvalue weighted by molar-refractivity contribution is 6.58. The number of hydrogen-bond acceptors (Lipinski definition) is 4. The molecule has 0 radical (unpaired) electrons. The lowest BCUT2D eigenvalue weighted by atomic mass is 9.95. The van der Waals surface area contributed by atoms with Crippen LogP contribution < -0.4 is 10.9 Å². The van der Waals surface area contributed by atoms with E-state index in [2.05, 4.69) is 12.2 Å². The van der Waals surface area contributed by atoms with E-state index >= 15 is 0 Å². The summed E-state index contributed by atoms with van der Waals surface area (Å²) in [5.41, 5.74) is 5.87. The second-order valence-corrected chi connectivity index (χ2v) is 9.01. The maximum Gasteiger partial charge on any atom is 0.261 e. The van der Waals surface area contributed by atoms with Gasteiger partial charge in [-0.2, -0.15) is 0 Å². The van der Waals surface area contributed by atoms with E-state index in [4.69, 9.17) is 10.4 Å². The van der Waals surface area contributed by atoms with Gasteiger partial charge in [-0.1, -0.05) is 87.0 Å². The van der Waals surface area contributed by atoms with Crippen molar-refractivity contribution in [2.45, 2.75) is 39.5 Å². The van der Waals surface area contributed by atoms with Crippen molar-refractivity contribution in [3.8, 4) is 16.8 Å². The number of aromatic nitrogens is 2. The maximum absolute atomic E-state index is 13.8. The van der Waals surface area contributed by atoms with Gasteiger partial charge in [0.1, 0.15) is 11.7 Å². The summed E-state index contributed by atoms with van der Waals surface area (Å²) in [6.45, 7) is 4.13. The Morgan fingerprint density at radius 3 is 2.30 bits per heavy atom. The number of carbonyl (C=O) groups excluding carboxylic acids is 1. The third-order valence-electron chi connectivity index (χ3n) is 6.29. The normalized spacial score (nSPS) is 10.8. The third-order valence-corrected chi connectivity index (χ3v) is 6.29. The van der Waals surface area contributed by atoms with Crippen LogP contribution in [0.15, 0.2) is 83.7 Å². The zero-order valence-electron chi connectivity index (χ0n) is 21.5. The molecule has 0 aliphatic carbocycles. The average molecular weight is 490 g/mol. The van der Waals surface area contributed by atoms with Crippen LogP contribution in [0.3, 0.4) is 0 Å². The molecule has 1 amide bonds. The van der Waals surface area contributed by atoms with E-state index in [-0.39, 0.29) is 17.2 Å². The van der Waals surface area contributed by atoms with E-state index in [0.29, 0.717) is 18.4 Å². The largest absolute Gasteiger partial charge is 0.320 e. The van der Waals surface area contributed by atoms with E-state index in [0.717, 1.165) is 52.3 Å². The maximum atomic E-state index is 13.8.